The van der Waals surface area contributed by atoms with Crippen molar-refractivity contribution in [3.05, 3.63) is 34.6 Å². The Labute approximate surface area is 115 Å². The van der Waals surface area contributed by atoms with E-state index in [1.807, 2.05) is 23.8 Å². The third kappa shape index (κ3) is 1.57. The highest BCUT2D eigenvalue weighted by molar-refractivity contribution is 5.78. The van der Waals surface area contributed by atoms with Gasteiger partial charge in [-0.3, -0.25) is 4.79 Å². The summed E-state index contributed by atoms with van der Waals surface area (Å²) >= 11 is 0. The first-order chi connectivity index (χ1) is 9.74. The molecule has 6 nitrogen and oxygen atoms in total. The van der Waals surface area contributed by atoms with Gasteiger partial charge in [-0.15, -0.1) is 5.10 Å². The van der Waals surface area contributed by atoms with Crippen molar-refractivity contribution in [1.82, 2.24) is 24.1 Å². The number of aromatic nitrogens is 5. The van der Waals surface area contributed by atoms with Crippen LogP contribution >= 0.6 is 0 Å². The molecule has 0 amide bonds. The predicted octanol–water partition coefficient (Wildman–Crippen LogP) is 1.86. The van der Waals surface area contributed by atoms with E-state index in [1.165, 1.54) is 12.8 Å². The molecule has 0 aromatic carbocycles. The van der Waals surface area contributed by atoms with E-state index < -0.39 is 0 Å². The van der Waals surface area contributed by atoms with Gasteiger partial charge in [0.15, 0.2) is 0 Å². The molecule has 3 aromatic rings. The molecule has 0 saturated heterocycles. The minimum Gasteiger partial charge on any atom is -0.312 e. The van der Waals surface area contributed by atoms with Gasteiger partial charge >= 0.3 is 0 Å². The summed E-state index contributed by atoms with van der Waals surface area (Å²) < 4.78 is 3.50. The van der Waals surface area contributed by atoms with Gasteiger partial charge in [-0.2, -0.15) is 9.50 Å². The lowest BCUT2D eigenvalue weighted by atomic mass is 10.2. The van der Waals surface area contributed by atoms with Crippen LogP contribution in [0.4, 0.5) is 0 Å². The summed E-state index contributed by atoms with van der Waals surface area (Å²) in [5, 5.41) is 4.91. The minimum atomic E-state index is 0.0250. The number of rotatable bonds is 1. The molecule has 1 aliphatic rings. The second kappa shape index (κ2) is 4.13. The van der Waals surface area contributed by atoms with Gasteiger partial charge in [0.05, 0.1) is 10.9 Å². The highest BCUT2D eigenvalue weighted by atomic mass is 16.1. The van der Waals surface area contributed by atoms with Gasteiger partial charge in [0.25, 0.3) is 11.3 Å². The van der Waals surface area contributed by atoms with Crippen LogP contribution in [0.25, 0.3) is 16.7 Å². The lowest BCUT2D eigenvalue weighted by Gasteiger charge is -2.13. The zero-order valence-electron chi connectivity index (χ0n) is 11.3. The molecule has 0 unspecified atom stereocenters. The molecule has 0 radical (unpaired) electrons. The molecular weight excluding hydrogens is 254 g/mol. The zero-order valence-corrected chi connectivity index (χ0v) is 11.3. The Hall–Kier alpha value is -2.24. The third-order valence-corrected chi connectivity index (χ3v) is 4.09. The number of fused-ring (bicyclic) bond motifs is 3. The first-order valence-electron chi connectivity index (χ1n) is 6.97. The van der Waals surface area contributed by atoms with E-state index >= 15 is 0 Å². The van der Waals surface area contributed by atoms with Crippen molar-refractivity contribution < 1.29 is 0 Å². The molecule has 102 valence electrons. The Morgan fingerprint density at radius 2 is 2.10 bits per heavy atom. The molecule has 0 N–H and O–H groups in total. The van der Waals surface area contributed by atoms with Gasteiger partial charge in [0, 0.05) is 18.4 Å². The van der Waals surface area contributed by atoms with Crippen molar-refractivity contribution in [2.75, 3.05) is 0 Å². The Bertz CT molecular complexity index is 857. The number of nitrogens with zero attached hydrogens (tertiary/aromatic N) is 5. The summed E-state index contributed by atoms with van der Waals surface area (Å²) in [5.74, 6) is 1.19. The SMILES string of the molecule is Cc1nc2ncc3c(=O)n(C4CCCC4)ccc3n2n1. The van der Waals surface area contributed by atoms with Gasteiger partial charge in [0.2, 0.25) is 0 Å². The molecule has 3 aromatic heterocycles. The van der Waals surface area contributed by atoms with Crippen LogP contribution < -0.4 is 5.56 Å². The van der Waals surface area contributed by atoms with E-state index in [2.05, 4.69) is 15.1 Å². The first-order valence-corrected chi connectivity index (χ1v) is 6.97. The molecular formula is C14H15N5O. The largest absolute Gasteiger partial charge is 0.312 e. The highest BCUT2D eigenvalue weighted by Gasteiger charge is 2.19. The van der Waals surface area contributed by atoms with Crippen molar-refractivity contribution in [3.8, 4) is 0 Å². The van der Waals surface area contributed by atoms with E-state index in [0.717, 1.165) is 18.4 Å². The molecule has 1 fully saturated rings. The molecule has 1 saturated carbocycles. The third-order valence-electron chi connectivity index (χ3n) is 4.09. The van der Waals surface area contributed by atoms with Crippen LogP contribution in [0, 0.1) is 6.92 Å². The van der Waals surface area contributed by atoms with Gasteiger partial charge in [0.1, 0.15) is 5.82 Å². The lowest BCUT2D eigenvalue weighted by molar-refractivity contribution is 0.505. The van der Waals surface area contributed by atoms with Gasteiger partial charge in [-0.25, -0.2) is 4.98 Å². The molecule has 0 bridgehead atoms. The minimum absolute atomic E-state index is 0.0250. The molecule has 0 aliphatic heterocycles. The van der Waals surface area contributed by atoms with E-state index in [-0.39, 0.29) is 5.56 Å². The van der Waals surface area contributed by atoms with Crippen molar-refractivity contribution >= 4 is 16.7 Å². The van der Waals surface area contributed by atoms with Gasteiger partial charge < -0.3 is 4.57 Å². The topological polar surface area (TPSA) is 65.1 Å². The number of aryl methyl sites for hydroxylation is 1. The summed E-state index contributed by atoms with van der Waals surface area (Å²) in [6, 6.07) is 2.28. The lowest BCUT2D eigenvalue weighted by Crippen LogP contribution is -2.23. The predicted molar refractivity (Wildman–Crippen MR) is 74.8 cm³/mol. The van der Waals surface area contributed by atoms with Gasteiger partial charge in [-0.1, -0.05) is 12.8 Å². The summed E-state index contributed by atoms with van der Waals surface area (Å²) in [5.41, 5.74) is 0.798. The Morgan fingerprint density at radius 1 is 1.30 bits per heavy atom. The molecule has 1 aliphatic carbocycles. The average molecular weight is 269 g/mol. The maximum atomic E-state index is 12.6. The zero-order chi connectivity index (χ0) is 13.7. The van der Waals surface area contributed by atoms with Crippen molar-refractivity contribution in [3.63, 3.8) is 0 Å². The number of pyridine rings is 1. The van der Waals surface area contributed by atoms with Crippen molar-refractivity contribution in [2.45, 2.75) is 38.6 Å². The quantitative estimate of drug-likeness (QED) is 0.676. The van der Waals surface area contributed by atoms with E-state index in [4.69, 9.17) is 0 Å². The second-order valence-electron chi connectivity index (χ2n) is 5.39. The van der Waals surface area contributed by atoms with Gasteiger partial charge in [-0.05, 0) is 25.8 Å². The van der Waals surface area contributed by atoms with Crippen LogP contribution in [0.5, 0.6) is 0 Å². The Morgan fingerprint density at radius 3 is 2.90 bits per heavy atom. The summed E-state index contributed by atoms with van der Waals surface area (Å²) in [6.07, 6.45) is 8.08. The Balaban J connectivity index is 2.01. The normalized spacial score (nSPS) is 16.4. The molecule has 20 heavy (non-hydrogen) atoms. The molecule has 4 rings (SSSR count). The summed E-state index contributed by atoms with van der Waals surface area (Å²) in [7, 11) is 0. The smallest absolute Gasteiger partial charge is 0.261 e. The number of hydrogen-bond acceptors (Lipinski definition) is 4. The maximum absolute atomic E-state index is 12.6. The summed E-state index contributed by atoms with van der Waals surface area (Å²) in [4.78, 5) is 21.1. The fraction of sp³-hybridized carbons (Fsp3) is 0.429. The van der Waals surface area contributed by atoms with Crippen LogP contribution in [0.15, 0.2) is 23.3 Å². The number of hydrogen-bond donors (Lipinski definition) is 0. The highest BCUT2D eigenvalue weighted by Crippen LogP contribution is 2.28. The monoisotopic (exact) mass is 269 g/mol. The molecule has 0 spiro atoms. The standard InChI is InChI=1S/C14H15N5O/c1-9-16-14-15-8-11-12(19(14)17-9)6-7-18(13(11)20)10-4-2-3-5-10/h6-8,10H,2-5H2,1H3. The van der Waals surface area contributed by atoms with E-state index in [1.54, 1.807) is 10.7 Å². The van der Waals surface area contributed by atoms with E-state index in [0.29, 0.717) is 23.0 Å². The average Bonchev–Trinajstić information content (AvgIpc) is 3.07. The van der Waals surface area contributed by atoms with E-state index in [9.17, 15) is 4.79 Å². The van der Waals surface area contributed by atoms with Crippen LogP contribution in [0.1, 0.15) is 37.5 Å². The van der Waals surface area contributed by atoms with Crippen molar-refractivity contribution in [1.29, 1.82) is 0 Å². The first kappa shape index (κ1) is 11.6. The van der Waals surface area contributed by atoms with Crippen LogP contribution in [-0.2, 0) is 0 Å². The summed E-state index contributed by atoms with van der Waals surface area (Å²) in [6.45, 7) is 1.82. The second-order valence-corrected chi connectivity index (χ2v) is 5.39. The molecule has 0 atom stereocenters. The fourth-order valence-corrected chi connectivity index (χ4v) is 3.10. The van der Waals surface area contributed by atoms with Crippen LogP contribution in [-0.4, -0.2) is 24.1 Å². The van der Waals surface area contributed by atoms with Crippen LogP contribution in [0.2, 0.25) is 0 Å². The van der Waals surface area contributed by atoms with Crippen LogP contribution in [0.3, 0.4) is 0 Å². The Kier molecular flexibility index (Phi) is 2.39. The molecule has 3 heterocycles. The molecule has 6 heteroatoms. The van der Waals surface area contributed by atoms with Crippen molar-refractivity contribution in [2.24, 2.45) is 0 Å². The maximum Gasteiger partial charge on any atom is 0.261 e. The fourth-order valence-electron chi connectivity index (χ4n) is 3.10.